The van der Waals surface area contributed by atoms with E-state index in [2.05, 4.69) is 5.32 Å². The van der Waals surface area contributed by atoms with Crippen LogP contribution in [0.1, 0.15) is 9.67 Å². The summed E-state index contributed by atoms with van der Waals surface area (Å²) in [5.74, 6) is 0.439. The predicted molar refractivity (Wildman–Crippen MR) is 86.0 cm³/mol. The summed E-state index contributed by atoms with van der Waals surface area (Å²) in [6.45, 7) is 0.189. The third kappa shape index (κ3) is 4.19. The zero-order valence-corrected chi connectivity index (χ0v) is 12.6. The van der Waals surface area contributed by atoms with Gasteiger partial charge in [0.2, 0.25) is 0 Å². The number of hydrogen-bond acceptors (Lipinski definition) is 4. The lowest BCUT2D eigenvalue weighted by atomic mass is 10.3. The smallest absolute Gasteiger partial charge is 0.265 e. The van der Waals surface area contributed by atoms with Gasteiger partial charge in [-0.1, -0.05) is 23.8 Å². The average molecular weight is 327 g/mol. The summed E-state index contributed by atoms with van der Waals surface area (Å²) >= 11 is 11.7. The van der Waals surface area contributed by atoms with Gasteiger partial charge in [-0.2, -0.15) is 0 Å². The summed E-state index contributed by atoms with van der Waals surface area (Å²) in [7, 11) is 0. The van der Waals surface area contributed by atoms with Crippen LogP contribution in [0.15, 0.2) is 36.4 Å². The molecule has 7 heteroatoms. The van der Waals surface area contributed by atoms with Crippen LogP contribution in [-0.4, -0.2) is 17.5 Å². The molecule has 0 aliphatic rings. The molecule has 0 saturated carbocycles. The van der Waals surface area contributed by atoms with Crippen molar-refractivity contribution in [3.63, 3.8) is 0 Å². The van der Waals surface area contributed by atoms with Crippen molar-refractivity contribution in [1.82, 2.24) is 0 Å². The largest absolute Gasteiger partial charge is 0.487 e. The Hall–Kier alpha value is -1.63. The minimum atomic E-state index is -0.196. The van der Waals surface area contributed by atoms with E-state index in [0.717, 1.165) is 0 Å². The van der Waals surface area contributed by atoms with Gasteiger partial charge in [0, 0.05) is 5.69 Å². The molecule has 0 aliphatic carbocycles. The van der Waals surface area contributed by atoms with Gasteiger partial charge in [-0.25, -0.2) is 0 Å². The molecule has 0 aliphatic heterocycles. The fourth-order valence-electron chi connectivity index (χ4n) is 1.42. The topological polar surface area (TPSA) is 64.3 Å². The number of carbonyl (C=O) groups excluding carboxylic acids is 1. The quantitative estimate of drug-likeness (QED) is 0.827. The van der Waals surface area contributed by atoms with E-state index >= 15 is 0 Å². The van der Waals surface area contributed by atoms with Gasteiger partial charge >= 0.3 is 0 Å². The third-order valence-corrected chi connectivity index (χ3v) is 3.64. The number of hydrogen-bond donors (Lipinski definition) is 2. The Morgan fingerprint density at radius 1 is 1.30 bits per heavy atom. The second-order valence-corrected chi connectivity index (χ2v) is 6.08. The van der Waals surface area contributed by atoms with E-state index in [9.17, 15) is 4.79 Å². The number of thiocarbonyl (C=S) groups is 1. The number of ether oxygens (including phenoxy) is 1. The van der Waals surface area contributed by atoms with Crippen LogP contribution in [0.4, 0.5) is 5.69 Å². The number of amides is 1. The highest BCUT2D eigenvalue weighted by atomic mass is 35.5. The molecule has 104 valence electrons. The maximum atomic E-state index is 11.9. The first kappa shape index (κ1) is 14.8. The molecule has 0 unspecified atom stereocenters. The van der Waals surface area contributed by atoms with E-state index in [-0.39, 0.29) is 17.5 Å². The molecule has 2 aromatic rings. The lowest BCUT2D eigenvalue weighted by Crippen LogP contribution is -2.17. The lowest BCUT2D eigenvalue weighted by Gasteiger charge is -2.07. The Kier molecular flexibility index (Phi) is 4.94. The molecule has 20 heavy (non-hydrogen) atoms. The van der Waals surface area contributed by atoms with E-state index in [1.807, 2.05) is 0 Å². The summed E-state index contributed by atoms with van der Waals surface area (Å²) in [5, 5.41) is 2.77. The number of rotatable bonds is 5. The Labute approximate surface area is 130 Å². The van der Waals surface area contributed by atoms with Crippen LogP contribution in [0.25, 0.3) is 0 Å². The number of benzene rings is 1. The van der Waals surface area contributed by atoms with Crippen molar-refractivity contribution in [2.45, 2.75) is 0 Å². The number of halogens is 1. The third-order valence-electron chi connectivity index (χ3n) is 2.29. The minimum absolute atomic E-state index is 0.189. The molecule has 0 fully saturated rings. The normalized spacial score (nSPS) is 10.1. The van der Waals surface area contributed by atoms with Crippen LogP contribution >= 0.6 is 35.2 Å². The molecule has 2 rings (SSSR count). The van der Waals surface area contributed by atoms with E-state index in [1.54, 1.807) is 36.4 Å². The lowest BCUT2D eigenvalue weighted by molar-refractivity contribution is 0.103. The molecule has 0 atom stereocenters. The van der Waals surface area contributed by atoms with Crippen LogP contribution in [0, 0.1) is 0 Å². The van der Waals surface area contributed by atoms with Gasteiger partial charge in [0.15, 0.2) is 0 Å². The van der Waals surface area contributed by atoms with Crippen LogP contribution in [0.2, 0.25) is 4.34 Å². The van der Waals surface area contributed by atoms with Crippen LogP contribution < -0.4 is 15.8 Å². The van der Waals surface area contributed by atoms with E-state index in [0.29, 0.717) is 20.7 Å². The molecule has 0 bridgehead atoms. The SMILES string of the molecule is NC(=S)COc1ccc(NC(=O)c2ccc(Cl)s2)cc1. The summed E-state index contributed by atoms with van der Waals surface area (Å²) in [6, 6.07) is 10.3. The minimum Gasteiger partial charge on any atom is -0.487 e. The Morgan fingerprint density at radius 2 is 2.00 bits per heavy atom. The van der Waals surface area contributed by atoms with Crippen LogP contribution in [0.5, 0.6) is 5.75 Å². The summed E-state index contributed by atoms with van der Waals surface area (Å²) in [5.41, 5.74) is 6.01. The molecule has 4 nitrogen and oxygen atoms in total. The highest BCUT2D eigenvalue weighted by Gasteiger charge is 2.08. The van der Waals surface area contributed by atoms with Gasteiger partial charge < -0.3 is 15.8 Å². The van der Waals surface area contributed by atoms with Crippen molar-refractivity contribution >= 4 is 51.7 Å². The number of thiophene rings is 1. The summed E-state index contributed by atoms with van der Waals surface area (Å²) < 4.78 is 5.90. The van der Waals surface area contributed by atoms with Gasteiger partial charge in [0.05, 0.1) is 9.21 Å². The zero-order chi connectivity index (χ0) is 14.5. The molecule has 3 N–H and O–H groups in total. The van der Waals surface area contributed by atoms with Crippen molar-refractivity contribution in [3.05, 3.63) is 45.6 Å². The summed E-state index contributed by atoms with van der Waals surface area (Å²) in [6.07, 6.45) is 0. The van der Waals surface area contributed by atoms with Crippen molar-refractivity contribution in [2.75, 3.05) is 11.9 Å². The standard InChI is InChI=1S/C13H11ClN2O2S2/c14-11-6-5-10(20-11)13(17)16-8-1-3-9(4-2-8)18-7-12(15)19/h1-6H,7H2,(H2,15,19)(H,16,17). The highest BCUT2D eigenvalue weighted by Crippen LogP contribution is 2.23. The zero-order valence-electron chi connectivity index (χ0n) is 10.3. The Bertz CT molecular complexity index is 626. The van der Waals surface area contributed by atoms with Gasteiger partial charge in [-0.15, -0.1) is 11.3 Å². The van der Waals surface area contributed by atoms with Gasteiger partial charge in [0.1, 0.15) is 17.3 Å². The molecule has 0 radical (unpaired) electrons. The molecule has 0 spiro atoms. The second kappa shape index (κ2) is 6.69. The Morgan fingerprint density at radius 3 is 2.55 bits per heavy atom. The monoisotopic (exact) mass is 326 g/mol. The first-order valence-corrected chi connectivity index (χ1v) is 7.23. The maximum absolute atomic E-state index is 11.9. The van der Waals surface area contributed by atoms with E-state index in [4.69, 9.17) is 34.3 Å². The van der Waals surface area contributed by atoms with Gasteiger partial charge in [-0.05, 0) is 36.4 Å². The first-order chi connectivity index (χ1) is 9.54. The number of carbonyl (C=O) groups is 1. The first-order valence-electron chi connectivity index (χ1n) is 5.62. The van der Waals surface area contributed by atoms with Crippen molar-refractivity contribution in [2.24, 2.45) is 5.73 Å². The number of anilines is 1. The number of nitrogens with two attached hydrogens (primary N) is 1. The Balaban J connectivity index is 1.96. The van der Waals surface area contributed by atoms with Crippen LogP contribution in [-0.2, 0) is 0 Å². The molecule has 1 aromatic heterocycles. The van der Waals surface area contributed by atoms with Crippen molar-refractivity contribution in [3.8, 4) is 5.75 Å². The maximum Gasteiger partial charge on any atom is 0.265 e. The predicted octanol–water partition coefficient (Wildman–Crippen LogP) is 3.32. The molecule has 0 saturated heterocycles. The van der Waals surface area contributed by atoms with E-state index < -0.39 is 0 Å². The molecular weight excluding hydrogens is 316 g/mol. The molecule has 1 heterocycles. The highest BCUT2D eigenvalue weighted by molar-refractivity contribution is 7.80. The van der Waals surface area contributed by atoms with Gasteiger partial charge in [-0.3, -0.25) is 4.79 Å². The van der Waals surface area contributed by atoms with Crippen molar-refractivity contribution < 1.29 is 9.53 Å². The summed E-state index contributed by atoms with van der Waals surface area (Å²) in [4.78, 5) is 12.8. The molecule has 1 aromatic carbocycles. The van der Waals surface area contributed by atoms with Gasteiger partial charge in [0.25, 0.3) is 5.91 Å². The van der Waals surface area contributed by atoms with Crippen LogP contribution in [0.3, 0.4) is 0 Å². The number of nitrogens with one attached hydrogen (secondary N) is 1. The molecular formula is C13H11ClN2O2S2. The fraction of sp³-hybridized carbons (Fsp3) is 0.0769. The average Bonchev–Trinajstić information content (AvgIpc) is 2.85. The van der Waals surface area contributed by atoms with E-state index in [1.165, 1.54) is 11.3 Å². The van der Waals surface area contributed by atoms with Crippen molar-refractivity contribution in [1.29, 1.82) is 0 Å². The fourth-order valence-corrected chi connectivity index (χ4v) is 2.42. The second-order valence-electron chi connectivity index (χ2n) is 3.84. The molecule has 1 amide bonds.